The molecule has 96 valence electrons. The van der Waals surface area contributed by atoms with Crippen molar-refractivity contribution in [1.29, 1.82) is 0 Å². The fourth-order valence-electron chi connectivity index (χ4n) is 1.48. The number of hydrogen-bond donors (Lipinski definition) is 1. The lowest BCUT2D eigenvalue weighted by atomic mass is 10.2. The molecule has 0 radical (unpaired) electrons. The van der Waals surface area contributed by atoms with Crippen molar-refractivity contribution in [3.63, 3.8) is 0 Å². The first-order chi connectivity index (χ1) is 8.63. The van der Waals surface area contributed by atoms with Crippen LogP contribution in [0.15, 0.2) is 49.6 Å². The van der Waals surface area contributed by atoms with Gasteiger partial charge in [-0.25, -0.2) is 0 Å². The number of benzene rings is 1. The zero-order valence-corrected chi connectivity index (χ0v) is 14.3. The van der Waals surface area contributed by atoms with Gasteiger partial charge in [-0.1, -0.05) is 15.9 Å². The van der Waals surface area contributed by atoms with Crippen LogP contribution in [0.1, 0.15) is 4.88 Å². The molecule has 2 rings (SSSR count). The van der Waals surface area contributed by atoms with E-state index in [0.717, 1.165) is 20.4 Å². The van der Waals surface area contributed by atoms with E-state index in [1.807, 2.05) is 18.2 Å². The largest absolute Gasteiger partial charge is 0.392 e. The van der Waals surface area contributed by atoms with Crippen LogP contribution in [0, 0.1) is 0 Å². The molecular weight excluding hydrogens is 396 g/mol. The Bertz CT molecular complexity index is 496. The highest BCUT2D eigenvalue weighted by Gasteiger charge is 2.08. The average Bonchev–Trinajstić information content (AvgIpc) is 2.74. The third kappa shape index (κ3) is 4.70. The second-order valence-corrected chi connectivity index (χ2v) is 8.39. The van der Waals surface area contributed by atoms with Crippen LogP contribution >= 0.6 is 55.0 Å². The molecule has 1 unspecified atom stereocenters. The Morgan fingerprint density at radius 2 is 1.83 bits per heavy atom. The number of rotatable bonds is 5. The van der Waals surface area contributed by atoms with E-state index in [2.05, 4.69) is 50.1 Å². The molecule has 1 aromatic heterocycles. The molecule has 1 nitrogen and oxygen atoms in total. The van der Waals surface area contributed by atoms with Crippen LogP contribution in [0.4, 0.5) is 0 Å². The minimum Gasteiger partial charge on any atom is -0.392 e. The van der Waals surface area contributed by atoms with Crippen molar-refractivity contribution in [3.05, 3.63) is 49.5 Å². The Morgan fingerprint density at radius 1 is 1.11 bits per heavy atom. The Kier molecular flexibility index (Phi) is 5.76. The molecule has 0 fully saturated rings. The quantitative estimate of drug-likeness (QED) is 0.706. The summed E-state index contributed by atoms with van der Waals surface area (Å²) in [5.74, 6) is 0.719. The molecule has 1 heterocycles. The molecule has 0 bridgehead atoms. The van der Waals surface area contributed by atoms with Gasteiger partial charge in [-0.05, 0) is 52.3 Å². The molecule has 1 aromatic carbocycles. The van der Waals surface area contributed by atoms with E-state index in [4.69, 9.17) is 0 Å². The lowest BCUT2D eigenvalue weighted by Gasteiger charge is -2.08. The predicted octanol–water partition coefficient (Wildman–Crippen LogP) is 4.97. The van der Waals surface area contributed by atoms with Crippen molar-refractivity contribution >= 4 is 55.0 Å². The van der Waals surface area contributed by atoms with E-state index < -0.39 is 0 Å². The van der Waals surface area contributed by atoms with Crippen LogP contribution in [0.25, 0.3) is 0 Å². The molecule has 0 amide bonds. The topological polar surface area (TPSA) is 20.2 Å². The molecule has 2 aromatic rings. The minimum atomic E-state index is -0.302. The second kappa shape index (κ2) is 7.10. The normalized spacial score (nSPS) is 12.6. The van der Waals surface area contributed by atoms with Crippen LogP contribution < -0.4 is 0 Å². The van der Waals surface area contributed by atoms with Crippen molar-refractivity contribution in [2.45, 2.75) is 17.4 Å². The number of aliphatic hydroxyl groups is 1. The van der Waals surface area contributed by atoms with E-state index >= 15 is 0 Å². The minimum absolute atomic E-state index is 0.302. The van der Waals surface area contributed by atoms with Crippen LogP contribution in [0.2, 0.25) is 0 Å². The monoisotopic (exact) mass is 406 g/mol. The molecule has 5 heteroatoms. The van der Waals surface area contributed by atoms with Crippen LogP contribution in [-0.2, 0) is 6.42 Å². The summed E-state index contributed by atoms with van der Waals surface area (Å²) in [7, 11) is 0. The van der Waals surface area contributed by atoms with Crippen LogP contribution in [0.3, 0.4) is 0 Å². The summed E-state index contributed by atoms with van der Waals surface area (Å²) in [6.07, 6.45) is 0.420. The summed E-state index contributed by atoms with van der Waals surface area (Å²) in [6.45, 7) is 0. The molecular formula is C13H12Br2OS2. The van der Waals surface area contributed by atoms with Gasteiger partial charge < -0.3 is 5.11 Å². The average molecular weight is 408 g/mol. The van der Waals surface area contributed by atoms with Gasteiger partial charge >= 0.3 is 0 Å². The zero-order chi connectivity index (χ0) is 13.0. The fraction of sp³-hybridized carbons (Fsp3) is 0.231. The fourth-order valence-corrected chi connectivity index (χ4v) is 4.13. The molecule has 0 saturated carbocycles. The van der Waals surface area contributed by atoms with E-state index in [9.17, 15) is 5.11 Å². The second-order valence-electron chi connectivity index (χ2n) is 3.83. The van der Waals surface area contributed by atoms with E-state index in [1.165, 1.54) is 9.77 Å². The van der Waals surface area contributed by atoms with Gasteiger partial charge in [0.2, 0.25) is 0 Å². The SMILES string of the molecule is OC(CSc1ccc(Br)cc1)Cc1ccc(Br)s1. The van der Waals surface area contributed by atoms with E-state index in [0.29, 0.717) is 0 Å². The maximum absolute atomic E-state index is 9.99. The van der Waals surface area contributed by atoms with Crippen LogP contribution in [0.5, 0.6) is 0 Å². The Balaban J connectivity index is 1.81. The van der Waals surface area contributed by atoms with Gasteiger partial charge in [-0.3, -0.25) is 0 Å². The highest BCUT2D eigenvalue weighted by Crippen LogP contribution is 2.25. The Hall–Kier alpha value is 0.190. The highest BCUT2D eigenvalue weighted by atomic mass is 79.9. The third-order valence-corrected chi connectivity index (χ3v) is 5.65. The number of thioether (sulfide) groups is 1. The van der Waals surface area contributed by atoms with Gasteiger partial charge in [0.25, 0.3) is 0 Å². The maximum atomic E-state index is 9.99. The van der Waals surface area contributed by atoms with E-state index in [-0.39, 0.29) is 6.10 Å². The summed E-state index contributed by atoms with van der Waals surface area (Å²) in [4.78, 5) is 2.40. The Labute approximate surface area is 132 Å². The molecule has 0 saturated heterocycles. The lowest BCUT2D eigenvalue weighted by Crippen LogP contribution is -2.12. The summed E-state index contributed by atoms with van der Waals surface area (Å²) < 4.78 is 2.20. The molecule has 1 atom stereocenters. The van der Waals surface area contributed by atoms with Gasteiger partial charge in [-0.15, -0.1) is 23.1 Å². The molecule has 0 aliphatic heterocycles. The van der Waals surface area contributed by atoms with Gasteiger partial charge in [-0.2, -0.15) is 0 Å². The van der Waals surface area contributed by atoms with Gasteiger partial charge in [0.1, 0.15) is 0 Å². The van der Waals surface area contributed by atoms with E-state index in [1.54, 1.807) is 23.1 Å². The van der Waals surface area contributed by atoms with Crippen molar-refractivity contribution in [2.24, 2.45) is 0 Å². The van der Waals surface area contributed by atoms with Crippen molar-refractivity contribution < 1.29 is 5.11 Å². The van der Waals surface area contributed by atoms with Crippen molar-refractivity contribution in [3.8, 4) is 0 Å². The first-order valence-corrected chi connectivity index (χ1v) is 8.83. The van der Waals surface area contributed by atoms with Gasteiger partial charge in [0.05, 0.1) is 9.89 Å². The first-order valence-electron chi connectivity index (χ1n) is 5.44. The summed E-state index contributed by atoms with van der Waals surface area (Å²) in [6, 6.07) is 12.2. The van der Waals surface area contributed by atoms with Crippen LogP contribution in [-0.4, -0.2) is 17.0 Å². The smallest absolute Gasteiger partial charge is 0.0701 e. The van der Waals surface area contributed by atoms with Crippen molar-refractivity contribution in [2.75, 3.05) is 5.75 Å². The summed E-state index contributed by atoms with van der Waals surface area (Å²) >= 11 is 10.2. The third-order valence-electron chi connectivity index (χ3n) is 2.32. The molecule has 0 aliphatic carbocycles. The van der Waals surface area contributed by atoms with Gasteiger partial charge in [0.15, 0.2) is 0 Å². The predicted molar refractivity (Wildman–Crippen MR) is 86.6 cm³/mol. The molecule has 18 heavy (non-hydrogen) atoms. The standard InChI is InChI=1S/C13H12Br2OS2/c14-9-1-3-11(4-2-9)17-8-10(16)7-12-5-6-13(15)18-12/h1-6,10,16H,7-8H2. The number of halogens is 2. The Morgan fingerprint density at radius 3 is 2.44 bits per heavy atom. The highest BCUT2D eigenvalue weighted by molar-refractivity contribution is 9.11. The number of hydrogen-bond acceptors (Lipinski definition) is 3. The van der Waals surface area contributed by atoms with Gasteiger partial charge in [0, 0.05) is 26.4 Å². The zero-order valence-electron chi connectivity index (χ0n) is 9.48. The summed E-state index contributed by atoms with van der Waals surface area (Å²) in [5, 5.41) is 9.99. The maximum Gasteiger partial charge on any atom is 0.0701 e. The number of aliphatic hydroxyl groups excluding tert-OH is 1. The first kappa shape index (κ1) is 14.6. The lowest BCUT2D eigenvalue weighted by molar-refractivity contribution is 0.201. The summed E-state index contributed by atoms with van der Waals surface area (Å²) in [5.41, 5.74) is 0. The molecule has 0 aliphatic rings. The molecule has 1 N–H and O–H groups in total. The van der Waals surface area contributed by atoms with Crippen molar-refractivity contribution in [1.82, 2.24) is 0 Å². The molecule has 0 spiro atoms. The number of thiophene rings is 1.